The van der Waals surface area contributed by atoms with Crippen molar-refractivity contribution in [2.75, 3.05) is 6.61 Å². The van der Waals surface area contributed by atoms with E-state index < -0.39 is 11.5 Å². The van der Waals surface area contributed by atoms with Crippen molar-refractivity contribution < 1.29 is 14.3 Å². The van der Waals surface area contributed by atoms with E-state index in [1.165, 1.54) is 0 Å². The van der Waals surface area contributed by atoms with Crippen LogP contribution in [0.5, 0.6) is 0 Å². The quantitative estimate of drug-likeness (QED) is 0.412. The first-order chi connectivity index (χ1) is 6.94. The summed E-state index contributed by atoms with van der Waals surface area (Å²) in [4.78, 5) is 22.5. The van der Waals surface area contributed by atoms with Gasteiger partial charge in [-0.3, -0.25) is 4.79 Å². The molecule has 1 amide bonds. The molecule has 4 nitrogen and oxygen atoms in total. The van der Waals surface area contributed by atoms with Gasteiger partial charge in [0.1, 0.15) is 5.54 Å². The van der Waals surface area contributed by atoms with E-state index in [1.54, 1.807) is 13.8 Å². The fraction of sp³-hybridized carbons (Fsp3) is 0.636. The Balaban J connectivity index is 4.13. The number of ether oxygens (including phenoxy) is 1. The number of unbranched alkanes of at least 4 members (excludes halogenated alkanes) is 1. The standard InChI is InChI=1S/C11H19NO3/c1-5-7-8-15-10(14)11(3,4)12-9(13)6-2/h6H,2,5,7-8H2,1,3-4H3,(H,12,13). The van der Waals surface area contributed by atoms with Gasteiger partial charge in [0.2, 0.25) is 5.91 Å². The smallest absolute Gasteiger partial charge is 0.331 e. The van der Waals surface area contributed by atoms with E-state index in [4.69, 9.17) is 4.74 Å². The SMILES string of the molecule is C=CC(=O)NC(C)(C)C(=O)OCCCC. The van der Waals surface area contributed by atoms with E-state index in [-0.39, 0.29) is 5.91 Å². The molecule has 1 N–H and O–H groups in total. The first-order valence-electron chi connectivity index (χ1n) is 5.06. The molecule has 0 fully saturated rings. The molecule has 0 saturated carbocycles. The van der Waals surface area contributed by atoms with Gasteiger partial charge in [-0.1, -0.05) is 19.9 Å². The molecule has 86 valence electrons. The molecule has 0 aliphatic heterocycles. The van der Waals surface area contributed by atoms with Gasteiger partial charge in [0.15, 0.2) is 0 Å². The summed E-state index contributed by atoms with van der Waals surface area (Å²) >= 11 is 0. The number of nitrogens with one attached hydrogen (secondary N) is 1. The van der Waals surface area contributed by atoms with E-state index in [9.17, 15) is 9.59 Å². The third-order valence-electron chi connectivity index (χ3n) is 1.86. The minimum atomic E-state index is -1.00. The van der Waals surface area contributed by atoms with Crippen LogP contribution in [0.15, 0.2) is 12.7 Å². The molecule has 0 aliphatic carbocycles. The van der Waals surface area contributed by atoms with E-state index >= 15 is 0 Å². The van der Waals surface area contributed by atoms with Crippen LogP contribution in [0, 0.1) is 0 Å². The van der Waals surface area contributed by atoms with E-state index in [1.807, 2.05) is 6.92 Å². The Bertz CT molecular complexity index is 246. The maximum absolute atomic E-state index is 11.5. The Morgan fingerprint density at radius 2 is 2.07 bits per heavy atom. The highest BCUT2D eigenvalue weighted by atomic mass is 16.5. The highest BCUT2D eigenvalue weighted by Crippen LogP contribution is 2.05. The van der Waals surface area contributed by atoms with Gasteiger partial charge in [0.05, 0.1) is 6.61 Å². The topological polar surface area (TPSA) is 55.4 Å². The van der Waals surface area contributed by atoms with Crippen LogP contribution in [0.25, 0.3) is 0 Å². The number of carbonyl (C=O) groups is 2. The first-order valence-corrected chi connectivity index (χ1v) is 5.06. The normalized spacial score (nSPS) is 10.6. The summed E-state index contributed by atoms with van der Waals surface area (Å²) in [5, 5.41) is 2.50. The van der Waals surface area contributed by atoms with E-state index in [2.05, 4.69) is 11.9 Å². The highest BCUT2D eigenvalue weighted by molar-refractivity contribution is 5.92. The third-order valence-corrected chi connectivity index (χ3v) is 1.86. The molecule has 0 unspecified atom stereocenters. The summed E-state index contributed by atoms with van der Waals surface area (Å²) in [6.45, 7) is 8.92. The van der Waals surface area contributed by atoms with Crippen molar-refractivity contribution in [3.63, 3.8) is 0 Å². The van der Waals surface area contributed by atoms with Crippen molar-refractivity contribution in [2.24, 2.45) is 0 Å². The number of hydrogen-bond donors (Lipinski definition) is 1. The van der Waals surface area contributed by atoms with Crippen LogP contribution in [0.4, 0.5) is 0 Å². The van der Waals surface area contributed by atoms with Crippen molar-refractivity contribution in [3.05, 3.63) is 12.7 Å². The second kappa shape index (κ2) is 6.22. The van der Waals surface area contributed by atoms with Gasteiger partial charge in [-0.25, -0.2) is 4.79 Å². The average molecular weight is 213 g/mol. The Labute approximate surface area is 90.7 Å². The van der Waals surface area contributed by atoms with Crippen LogP contribution in [-0.2, 0) is 14.3 Å². The molecule has 4 heteroatoms. The summed E-state index contributed by atoms with van der Waals surface area (Å²) < 4.78 is 5.00. The summed E-state index contributed by atoms with van der Waals surface area (Å²) in [6, 6.07) is 0. The molecular formula is C11H19NO3. The molecule has 0 radical (unpaired) electrons. The van der Waals surface area contributed by atoms with Crippen LogP contribution in [0.2, 0.25) is 0 Å². The molecular weight excluding hydrogens is 194 g/mol. The zero-order valence-corrected chi connectivity index (χ0v) is 9.63. The molecule has 0 aromatic rings. The maximum atomic E-state index is 11.5. The van der Waals surface area contributed by atoms with Crippen LogP contribution in [-0.4, -0.2) is 24.0 Å². The third kappa shape index (κ3) is 5.20. The van der Waals surface area contributed by atoms with Gasteiger partial charge in [-0.05, 0) is 26.3 Å². The number of hydrogen-bond acceptors (Lipinski definition) is 3. The van der Waals surface area contributed by atoms with E-state index in [0.29, 0.717) is 6.61 Å². The summed E-state index contributed by atoms with van der Waals surface area (Å²) in [7, 11) is 0. The van der Waals surface area contributed by atoms with Crippen molar-refractivity contribution in [1.29, 1.82) is 0 Å². The lowest BCUT2D eigenvalue weighted by Crippen LogP contribution is -2.50. The fourth-order valence-electron chi connectivity index (χ4n) is 0.900. The van der Waals surface area contributed by atoms with Crippen LogP contribution in [0.3, 0.4) is 0 Å². The van der Waals surface area contributed by atoms with Crippen LogP contribution in [0.1, 0.15) is 33.6 Å². The zero-order valence-electron chi connectivity index (χ0n) is 9.63. The monoisotopic (exact) mass is 213 g/mol. The van der Waals surface area contributed by atoms with Crippen LogP contribution >= 0.6 is 0 Å². The Kier molecular flexibility index (Phi) is 5.67. The number of rotatable bonds is 6. The van der Waals surface area contributed by atoms with Crippen LogP contribution < -0.4 is 5.32 Å². The number of amides is 1. The van der Waals surface area contributed by atoms with E-state index in [0.717, 1.165) is 18.9 Å². The average Bonchev–Trinajstić information content (AvgIpc) is 2.17. The first kappa shape index (κ1) is 13.7. The zero-order chi connectivity index (χ0) is 11.9. The predicted molar refractivity (Wildman–Crippen MR) is 58.3 cm³/mol. The van der Waals surface area contributed by atoms with Gasteiger partial charge in [-0.15, -0.1) is 0 Å². The van der Waals surface area contributed by atoms with Gasteiger partial charge >= 0.3 is 5.97 Å². The fourth-order valence-corrected chi connectivity index (χ4v) is 0.900. The van der Waals surface area contributed by atoms with Gasteiger partial charge in [0, 0.05) is 0 Å². The molecule has 15 heavy (non-hydrogen) atoms. The highest BCUT2D eigenvalue weighted by Gasteiger charge is 2.30. The minimum Gasteiger partial charge on any atom is -0.464 e. The molecule has 0 bridgehead atoms. The second-order valence-electron chi connectivity index (χ2n) is 3.81. The van der Waals surface area contributed by atoms with Gasteiger partial charge in [-0.2, -0.15) is 0 Å². The molecule has 0 aromatic heterocycles. The maximum Gasteiger partial charge on any atom is 0.331 e. The van der Waals surface area contributed by atoms with Gasteiger partial charge < -0.3 is 10.1 Å². The van der Waals surface area contributed by atoms with Crippen molar-refractivity contribution in [1.82, 2.24) is 5.32 Å². The number of carbonyl (C=O) groups excluding carboxylic acids is 2. The lowest BCUT2D eigenvalue weighted by atomic mass is 10.1. The Morgan fingerprint density at radius 3 is 2.53 bits per heavy atom. The molecule has 0 heterocycles. The summed E-state index contributed by atoms with van der Waals surface area (Å²) in [6.07, 6.45) is 2.92. The summed E-state index contributed by atoms with van der Waals surface area (Å²) in [5.74, 6) is -0.807. The Morgan fingerprint density at radius 1 is 1.47 bits per heavy atom. The summed E-state index contributed by atoms with van der Waals surface area (Å²) in [5.41, 5.74) is -1.00. The Hall–Kier alpha value is -1.32. The second-order valence-corrected chi connectivity index (χ2v) is 3.81. The lowest BCUT2D eigenvalue weighted by molar-refractivity contribution is -0.151. The van der Waals surface area contributed by atoms with Crippen molar-refractivity contribution >= 4 is 11.9 Å². The molecule has 0 aromatic carbocycles. The predicted octanol–water partition coefficient (Wildman–Crippen LogP) is 1.41. The largest absolute Gasteiger partial charge is 0.464 e. The van der Waals surface area contributed by atoms with Crippen molar-refractivity contribution in [2.45, 2.75) is 39.2 Å². The molecule has 0 saturated heterocycles. The molecule has 0 atom stereocenters. The molecule has 0 spiro atoms. The van der Waals surface area contributed by atoms with Crippen molar-refractivity contribution in [3.8, 4) is 0 Å². The number of esters is 1. The minimum absolute atomic E-state index is 0.382. The molecule has 0 aliphatic rings. The van der Waals surface area contributed by atoms with Gasteiger partial charge in [0.25, 0.3) is 0 Å². The lowest BCUT2D eigenvalue weighted by Gasteiger charge is -2.23. The molecule has 0 rings (SSSR count).